The lowest BCUT2D eigenvalue weighted by Gasteiger charge is -2.34. The molecule has 0 amide bonds. The Labute approximate surface area is 163 Å². The molecule has 2 fully saturated rings. The summed E-state index contributed by atoms with van der Waals surface area (Å²) in [6.45, 7) is 9.71. The van der Waals surface area contributed by atoms with Gasteiger partial charge in [0.1, 0.15) is 5.82 Å². The first kappa shape index (κ1) is 20.1. The van der Waals surface area contributed by atoms with E-state index in [9.17, 15) is 0 Å². The summed E-state index contributed by atoms with van der Waals surface area (Å²) in [6.07, 6.45) is 8.97. The molecular weight excluding hydrogens is 342 g/mol. The average Bonchev–Trinajstić information content (AvgIpc) is 3.33. The van der Waals surface area contributed by atoms with Crippen molar-refractivity contribution >= 4 is 5.96 Å². The predicted molar refractivity (Wildman–Crippen MR) is 107 cm³/mol. The van der Waals surface area contributed by atoms with Crippen LogP contribution in [0.2, 0.25) is 0 Å². The van der Waals surface area contributed by atoms with Gasteiger partial charge in [-0.1, -0.05) is 13.8 Å². The van der Waals surface area contributed by atoms with Crippen molar-refractivity contribution in [3.05, 3.63) is 18.2 Å². The first-order valence-electron chi connectivity index (χ1n) is 10.3. The average molecular weight is 378 g/mol. The smallest absolute Gasteiger partial charge is 0.194 e. The summed E-state index contributed by atoms with van der Waals surface area (Å²) in [5.74, 6) is 2.61. The number of aliphatic imine (C=N–C) groups is 1. The fourth-order valence-corrected chi connectivity index (χ4v) is 3.81. The lowest BCUT2D eigenvalue weighted by Crippen LogP contribution is -2.47. The predicted octanol–water partition coefficient (Wildman–Crippen LogP) is 2.27. The van der Waals surface area contributed by atoms with Gasteiger partial charge in [0.2, 0.25) is 0 Å². The van der Waals surface area contributed by atoms with Crippen molar-refractivity contribution in [1.29, 1.82) is 0 Å². The minimum absolute atomic E-state index is 0.312. The van der Waals surface area contributed by atoms with Crippen LogP contribution in [0.5, 0.6) is 0 Å². The highest BCUT2D eigenvalue weighted by Crippen LogP contribution is 2.18. The van der Waals surface area contributed by atoms with E-state index in [0.29, 0.717) is 24.7 Å². The summed E-state index contributed by atoms with van der Waals surface area (Å²) in [6, 6.07) is 0. The topological polar surface area (TPSA) is 63.9 Å². The van der Waals surface area contributed by atoms with E-state index >= 15 is 0 Å². The van der Waals surface area contributed by atoms with Crippen LogP contribution in [-0.2, 0) is 22.6 Å². The lowest BCUT2D eigenvalue weighted by molar-refractivity contribution is -0.0367. The molecule has 7 nitrogen and oxygen atoms in total. The zero-order chi connectivity index (χ0) is 19.1. The van der Waals surface area contributed by atoms with Crippen LogP contribution in [-0.4, -0.2) is 66.0 Å². The van der Waals surface area contributed by atoms with E-state index in [1.165, 1.54) is 6.42 Å². The number of ether oxygens (including phenoxy) is 2. The van der Waals surface area contributed by atoms with Crippen LogP contribution >= 0.6 is 0 Å². The molecule has 152 valence electrons. The standard InChI is InChI=1S/C20H35N5O2/c1-16(2)14-25-11-8-22-19(25)13-23-20(21-3)24-9-6-17(7-10-24)27-15-18-5-4-12-26-18/h8,11,16-18H,4-7,9-10,12-15H2,1-3H3,(H,21,23). The van der Waals surface area contributed by atoms with Gasteiger partial charge in [-0.3, -0.25) is 4.99 Å². The molecule has 2 aliphatic rings. The molecule has 1 N–H and O–H groups in total. The number of rotatable bonds is 7. The molecule has 27 heavy (non-hydrogen) atoms. The van der Waals surface area contributed by atoms with Crippen molar-refractivity contribution in [1.82, 2.24) is 19.8 Å². The Balaban J connectivity index is 1.42. The number of nitrogens with one attached hydrogen (secondary N) is 1. The largest absolute Gasteiger partial charge is 0.376 e. The molecule has 0 spiro atoms. The lowest BCUT2D eigenvalue weighted by atomic mass is 10.1. The maximum Gasteiger partial charge on any atom is 0.194 e. The van der Waals surface area contributed by atoms with Crippen LogP contribution in [0.15, 0.2) is 17.4 Å². The number of hydrogen-bond donors (Lipinski definition) is 1. The van der Waals surface area contributed by atoms with Gasteiger partial charge in [0.05, 0.1) is 25.4 Å². The molecule has 7 heteroatoms. The molecule has 0 saturated carbocycles. The molecule has 0 aromatic carbocycles. The maximum atomic E-state index is 6.07. The summed E-state index contributed by atoms with van der Waals surface area (Å²) >= 11 is 0. The van der Waals surface area contributed by atoms with Crippen LogP contribution in [0.1, 0.15) is 45.4 Å². The number of guanidine groups is 1. The Hall–Kier alpha value is -1.60. The highest BCUT2D eigenvalue weighted by atomic mass is 16.5. The van der Waals surface area contributed by atoms with Crippen molar-refractivity contribution in [2.24, 2.45) is 10.9 Å². The third kappa shape index (κ3) is 5.94. The number of likely N-dealkylation sites (tertiary alicyclic amines) is 1. The van der Waals surface area contributed by atoms with Gasteiger partial charge in [-0.2, -0.15) is 0 Å². The fourth-order valence-electron chi connectivity index (χ4n) is 3.81. The molecular formula is C20H35N5O2. The third-order valence-corrected chi connectivity index (χ3v) is 5.26. The van der Waals surface area contributed by atoms with E-state index in [0.717, 1.165) is 63.9 Å². The molecule has 3 rings (SSSR count). The second kappa shape index (κ2) is 10.1. The van der Waals surface area contributed by atoms with Crippen molar-refractivity contribution in [3.8, 4) is 0 Å². The summed E-state index contributed by atoms with van der Waals surface area (Å²) in [4.78, 5) is 11.3. The number of nitrogens with zero attached hydrogens (tertiary/aromatic N) is 4. The first-order valence-corrected chi connectivity index (χ1v) is 10.3. The van der Waals surface area contributed by atoms with E-state index in [1.807, 2.05) is 13.2 Å². The van der Waals surface area contributed by atoms with Gasteiger partial charge in [0, 0.05) is 45.7 Å². The van der Waals surface area contributed by atoms with Crippen LogP contribution < -0.4 is 5.32 Å². The first-order chi connectivity index (χ1) is 13.2. The minimum Gasteiger partial charge on any atom is -0.376 e. The van der Waals surface area contributed by atoms with Gasteiger partial charge in [0.25, 0.3) is 0 Å². The molecule has 0 radical (unpaired) electrons. The van der Waals surface area contributed by atoms with Crippen molar-refractivity contribution in [2.45, 2.75) is 64.8 Å². The molecule has 1 atom stereocenters. The zero-order valence-corrected chi connectivity index (χ0v) is 17.1. The van der Waals surface area contributed by atoms with Crippen LogP contribution in [0, 0.1) is 5.92 Å². The van der Waals surface area contributed by atoms with Gasteiger partial charge < -0.3 is 24.3 Å². The Morgan fingerprint density at radius 1 is 1.37 bits per heavy atom. The van der Waals surface area contributed by atoms with E-state index in [-0.39, 0.29) is 0 Å². The Bertz CT molecular complexity index is 587. The summed E-state index contributed by atoms with van der Waals surface area (Å²) < 4.78 is 13.9. The van der Waals surface area contributed by atoms with Crippen LogP contribution in [0.25, 0.3) is 0 Å². The van der Waals surface area contributed by atoms with E-state index in [2.05, 4.69) is 44.8 Å². The Kier molecular flexibility index (Phi) is 7.52. The van der Waals surface area contributed by atoms with Gasteiger partial charge in [-0.15, -0.1) is 0 Å². The number of piperidine rings is 1. The van der Waals surface area contributed by atoms with Crippen molar-refractivity contribution in [3.63, 3.8) is 0 Å². The number of aromatic nitrogens is 2. The van der Waals surface area contributed by atoms with E-state index in [4.69, 9.17) is 9.47 Å². The SMILES string of the molecule is CN=C(NCc1nccn1CC(C)C)N1CCC(OCC2CCCO2)CC1. The summed E-state index contributed by atoms with van der Waals surface area (Å²) in [5.41, 5.74) is 0. The maximum absolute atomic E-state index is 6.07. The summed E-state index contributed by atoms with van der Waals surface area (Å²) in [7, 11) is 1.85. The zero-order valence-electron chi connectivity index (χ0n) is 17.1. The molecule has 3 heterocycles. The monoisotopic (exact) mass is 377 g/mol. The molecule has 1 unspecified atom stereocenters. The highest BCUT2D eigenvalue weighted by Gasteiger charge is 2.24. The van der Waals surface area contributed by atoms with Crippen molar-refractivity contribution in [2.75, 3.05) is 33.4 Å². The molecule has 0 aliphatic carbocycles. The number of imidazole rings is 1. The Morgan fingerprint density at radius 2 is 2.19 bits per heavy atom. The second-order valence-electron chi connectivity index (χ2n) is 7.95. The highest BCUT2D eigenvalue weighted by molar-refractivity contribution is 5.79. The molecule has 0 bridgehead atoms. The van der Waals surface area contributed by atoms with Gasteiger partial charge in [0.15, 0.2) is 5.96 Å². The van der Waals surface area contributed by atoms with Crippen LogP contribution in [0.4, 0.5) is 0 Å². The van der Waals surface area contributed by atoms with Crippen LogP contribution in [0.3, 0.4) is 0 Å². The second-order valence-corrected chi connectivity index (χ2v) is 7.95. The van der Waals surface area contributed by atoms with E-state index in [1.54, 1.807) is 0 Å². The normalized spacial score (nSPS) is 22.0. The number of hydrogen-bond acceptors (Lipinski definition) is 4. The molecule has 2 aliphatic heterocycles. The fraction of sp³-hybridized carbons (Fsp3) is 0.800. The van der Waals surface area contributed by atoms with Crippen molar-refractivity contribution < 1.29 is 9.47 Å². The quantitative estimate of drug-likeness (QED) is 0.583. The Morgan fingerprint density at radius 3 is 2.85 bits per heavy atom. The van der Waals surface area contributed by atoms with Gasteiger partial charge >= 0.3 is 0 Å². The minimum atomic E-state index is 0.312. The van der Waals surface area contributed by atoms with Gasteiger partial charge in [-0.25, -0.2) is 4.98 Å². The summed E-state index contributed by atoms with van der Waals surface area (Å²) in [5, 5.41) is 3.48. The molecule has 1 aromatic rings. The third-order valence-electron chi connectivity index (χ3n) is 5.26. The molecule has 2 saturated heterocycles. The van der Waals surface area contributed by atoms with E-state index < -0.39 is 0 Å². The van der Waals surface area contributed by atoms with Gasteiger partial charge in [-0.05, 0) is 31.6 Å². The molecule has 1 aromatic heterocycles.